The lowest BCUT2D eigenvalue weighted by Crippen LogP contribution is -2.01. The molecule has 5 aromatic rings. The predicted octanol–water partition coefficient (Wildman–Crippen LogP) is 4.67. The molecule has 5 rings (SSSR count). The number of benzene rings is 2. The van der Waals surface area contributed by atoms with Crippen LogP contribution in [0.4, 0.5) is 0 Å². The molecule has 0 aliphatic carbocycles. The molecule has 2 aromatic carbocycles. The van der Waals surface area contributed by atoms with Gasteiger partial charge < -0.3 is 4.57 Å². The van der Waals surface area contributed by atoms with E-state index < -0.39 is 0 Å². The van der Waals surface area contributed by atoms with E-state index in [9.17, 15) is 0 Å². The molecule has 110 valence electrons. The summed E-state index contributed by atoms with van der Waals surface area (Å²) in [6, 6.07) is 23.3. The van der Waals surface area contributed by atoms with Gasteiger partial charge in [-0.1, -0.05) is 36.4 Å². The van der Waals surface area contributed by atoms with E-state index in [-0.39, 0.29) is 0 Å². The van der Waals surface area contributed by atoms with E-state index in [0.29, 0.717) is 0 Å². The number of aryl methyl sites for hydroxylation is 1. The zero-order valence-electron chi connectivity index (χ0n) is 12.8. The van der Waals surface area contributed by atoms with Gasteiger partial charge >= 0.3 is 0 Å². The standard InChI is InChI=1S/C20H15N3/c1-22-17-10-4-2-7-14(17)13-19(22)23-18-11-5-3-8-15(18)16-9-6-12-21-20(16)23/h2-13H,1H3. The van der Waals surface area contributed by atoms with E-state index in [4.69, 9.17) is 0 Å². The van der Waals surface area contributed by atoms with Crippen LogP contribution in [-0.4, -0.2) is 14.1 Å². The van der Waals surface area contributed by atoms with E-state index in [1.54, 1.807) is 0 Å². The third-order valence-electron chi connectivity index (χ3n) is 4.59. The summed E-state index contributed by atoms with van der Waals surface area (Å²) in [5.74, 6) is 1.14. The highest BCUT2D eigenvalue weighted by Crippen LogP contribution is 2.32. The minimum absolute atomic E-state index is 1.000. The quantitative estimate of drug-likeness (QED) is 0.441. The van der Waals surface area contributed by atoms with Gasteiger partial charge in [-0.15, -0.1) is 0 Å². The molecule has 0 aliphatic rings. The molecule has 0 bridgehead atoms. The molecule has 0 aliphatic heterocycles. The fourth-order valence-corrected chi connectivity index (χ4v) is 3.52. The van der Waals surface area contributed by atoms with Gasteiger partial charge in [0, 0.05) is 34.9 Å². The van der Waals surface area contributed by atoms with Crippen LogP contribution in [0.15, 0.2) is 72.9 Å². The Labute approximate surface area is 133 Å². The summed E-state index contributed by atoms with van der Waals surface area (Å²) in [4.78, 5) is 4.66. The minimum Gasteiger partial charge on any atom is -0.330 e. The van der Waals surface area contributed by atoms with Gasteiger partial charge in [0.2, 0.25) is 0 Å². The molecule has 3 aromatic heterocycles. The van der Waals surface area contributed by atoms with E-state index in [1.807, 2.05) is 12.3 Å². The van der Waals surface area contributed by atoms with Crippen LogP contribution in [0.3, 0.4) is 0 Å². The maximum absolute atomic E-state index is 4.66. The molecule has 0 radical (unpaired) electrons. The normalized spacial score (nSPS) is 11.7. The topological polar surface area (TPSA) is 22.8 Å². The van der Waals surface area contributed by atoms with Crippen molar-refractivity contribution >= 4 is 32.8 Å². The highest BCUT2D eigenvalue weighted by molar-refractivity contribution is 6.08. The van der Waals surface area contributed by atoms with E-state index in [0.717, 1.165) is 11.5 Å². The zero-order valence-corrected chi connectivity index (χ0v) is 12.8. The SMILES string of the molecule is Cn1c(-n2c3ccccc3c3cccnc32)cc2ccccc21. The first-order valence-electron chi connectivity index (χ1n) is 7.73. The first-order chi connectivity index (χ1) is 11.3. The van der Waals surface area contributed by atoms with Gasteiger partial charge in [0.25, 0.3) is 0 Å². The van der Waals surface area contributed by atoms with Gasteiger partial charge in [-0.3, -0.25) is 4.57 Å². The van der Waals surface area contributed by atoms with Gasteiger partial charge in [-0.25, -0.2) is 4.98 Å². The molecule has 0 unspecified atom stereocenters. The number of rotatable bonds is 1. The number of hydrogen-bond acceptors (Lipinski definition) is 1. The van der Waals surface area contributed by atoms with Crippen LogP contribution in [0, 0.1) is 0 Å². The lowest BCUT2D eigenvalue weighted by atomic mass is 10.2. The second-order valence-corrected chi connectivity index (χ2v) is 5.85. The van der Waals surface area contributed by atoms with Gasteiger partial charge in [-0.05, 0) is 30.3 Å². The highest BCUT2D eigenvalue weighted by Gasteiger charge is 2.15. The third kappa shape index (κ3) is 1.62. The zero-order chi connectivity index (χ0) is 15.4. The average molecular weight is 297 g/mol. The fourth-order valence-electron chi connectivity index (χ4n) is 3.52. The molecule has 3 nitrogen and oxygen atoms in total. The van der Waals surface area contributed by atoms with Crippen molar-refractivity contribution in [3.8, 4) is 5.82 Å². The largest absolute Gasteiger partial charge is 0.330 e. The Bertz CT molecular complexity index is 1120. The summed E-state index contributed by atoms with van der Waals surface area (Å²) in [5, 5.41) is 3.67. The van der Waals surface area contributed by atoms with Crippen molar-refractivity contribution in [1.82, 2.24) is 14.1 Å². The van der Waals surface area contributed by atoms with Crippen molar-refractivity contribution in [3.05, 3.63) is 72.9 Å². The van der Waals surface area contributed by atoms with E-state index >= 15 is 0 Å². The second kappa shape index (κ2) is 4.46. The van der Waals surface area contributed by atoms with Crippen LogP contribution in [0.25, 0.3) is 38.7 Å². The Balaban J connectivity index is 2.00. The van der Waals surface area contributed by atoms with Crippen molar-refractivity contribution in [2.24, 2.45) is 7.05 Å². The predicted molar refractivity (Wildman–Crippen MR) is 95.1 cm³/mol. The maximum Gasteiger partial charge on any atom is 0.146 e. The molecular formula is C20H15N3. The Morgan fingerprint density at radius 3 is 2.39 bits per heavy atom. The summed E-state index contributed by atoms with van der Waals surface area (Å²) in [6.45, 7) is 0. The summed E-state index contributed by atoms with van der Waals surface area (Å²) in [6.07, 6.45) is 1.86. The molecule has 0 spiro atoms. The molecule has 0 N–H and O–H groups in total. The second-order valence-electron chi connectivity index (χ2n) is 5.85. The third-order valence-corrected chi connectivity index (χ3v) is 4.59. The number of pyridine rings is 1. The Morgan fingerprint density at radius 1 is 0.783 bits per heavy atom. The number of fused-ring (bicyclic) bond motifs is 4. The molecule has 0 atom stereocenters. The van der Waals surface area contributed by atoms with Gasteiger partial charge in [-0.2, -0.15) is 0 Å². The van der Waals surface area contributed by atoms with E-state index in [2.05, 4.69) is 81.8 Å². The minimum atomic E-state index is 1.000. The Hall–Kier alpha value is -3.07. The molecule has 0 amide bonds. The lowest BCUT2D eigenvalue weighted by molar-refractivity contribution is 0.895. The first-order valence-corrected chi connectivity index (χ1v) is 7.73. The average Bonchev–Trinajstić information content (AvgIpc) is 3.11. The van der Waals surface area contributed by atoms with Crippen LogP contribution >= 0.6 is 0 Å². The molecule has 3 heteroatoms. The first kappa shape index (κ1) is 12.5. The highest BCUT2D eigenvalue weighted by atomic mass is 15.2. The Kier molecular flexibility index (Phi) is 2.42. The van der Waals surface area contributed by atoms with Gasteiger partial charge in [0.15, 0.2) is 0 Å². The summed E-state index contributed by atoms with van der Waals surface area (Å²) in [7, 11) is 2.11. The van der Waals surface area contributed by atoms with Crippen molar-refractivity contribution in [2.45, 2.75) is 0 Å². The number of hydrogen-bond donors (Lipinski definition) is 0. The molecule has 0 fully saturated rings. The summed E-state index contributed by atoms with van der Waals surface area (Å²) >= 11 is 0. The molecule has 23 heavy (non-hydrogen) atoms. The fraction of sp³-hybridized carbons (Fsp3) is 0.0500. The molecular weight excluding hydrogens is 282 g/mol. The Morgan fingerprint density at radius 2 is 1.52 bits per heavy atom. The summed E-state index contributed by atoms with van der Waals surface area (Å²) < 4.78 is 4.49. The van der Waals surface area contributed by atoms with Crippen LogP contribution in [-0.2, 0) is 7.05 Å². The van der Waals surface area contributed by atoms with Crippen molar-refractivity contribution in [3.63, 3.8) is 0 Å². The van der Waals surface area contributed by atoms with Crippen LogP contribution < -0.4 is 0 Å². The number of nitrogens with zero attached hydrogens (tertiary/aromatic N) is 3. The monoisotopic (exact) mass is 297 g/mol. The van der Waals surface area contributed by atoms with Crippen molar-refractivity contribution in [2.75, 3.05) is 0 Å². The maximum atomic E-state index is 4.66. The van der Waals surface area contributed by atoms with Gasteiger partial charge in [0.05, 0.1) is 5.52 Å². The number of para-hydroxylation sites is 2. The van der Waals surface area contributed by atoms with E-state index in [1.165, 1.54) is 27.2 Å². The summed E-state index contributed by atoms with van der Waals surface area (Å²) in [5.41, 5.74) is 3.41. The molecule has 0 saturated heterocycles. The van der Waals surface area contributed by atoms with Crippen molar-refractivity contribution in [1.29, 1.82) is 0 Å². The van der Waals surface area contributed by atoms with Crippen molar-refractivity contribution < 1.29 is 0 Å². The number of aromatic nitrogens is 3. The van der Waals surface area contributed by atoms with Crippen LogP contribution in [0.5, 0.6) is 0 Å². The smallest absolute Gasteiger partial charge is 0.146 e. The molecule has 3 heterocycles. The van der Waals surface area contributed by atoms with Crippen LogP contribution in [0.2, 0.25) is 0 Å². The van der Waals surface area contributed by atoms with Crippen LogP contribution in [0.1, 0.15) is 0 Å². The van der Waals surface area contributed by atoms with Gasteiger partial charge in [0.1, 0.15) is 11.5 Å². The molecule has 0 saturated carbocycles. The lowest BCUT2D eigenvalue weighted by Gasteiger charge is -2.08.